The van der Waals surface area contributed by atoms with Crippen molar-refractivity contribution in [2.75, 3.05) is 32.8 Å². The van der Waals surface area contributed by atoms with Crippen LogP contribution in [0.4, 0.5) is 0 Å². The first-order chi connectivity index (χ1) is 9.70. The van der Waals surface area contributed by atoms with E-state index >= 15 is 0 Å². The highest BCUT2D eigenvalue weighted by Crippen LogP contribution is 2.55. The monoisotopic (exact) mass is 314 g/mol. The van der Waals surface area contributed by atoms with Gasteiger partial charge in [-0.1, -0.05) is 6.92 Å². The van der Waals surface area contributed by atoms with Crippen molar-refractivity contribution in [2.45, 2.75) is 23.8 Å². The molecule has 0 radical (unpaired) electrons. The Kier molecular flexibility index (Phi) is 5.38. The Morgan fingerprint density at radius 3 is 1.95 bits per heavy atom. The normalized spacial score (nSPS) is 17.6. The van der Waals surface area contributed by atoms with Crippen LogP contribution in [-0.2, 0) is 4.08 Å². The van der Waals surface area contributed by atoms with Gasteiger partial charge in [-0.15, -0.1) is 23.5 Å². The molecule has 0 aliphatic carbocycles. The minimum atomic E-state index is 0.102. The van der Waals surface area contributed by atoms with Crippen LogP contribution in [-0.4, -0.2) is 32.8 Å². The van der Waals surface area contributed by atoms with Crippen molar-refractivity contribution in [1.82, 2.24) is 0 Å². The second-order valence-corrected chi connectivity index (χ2v) is 7.62. The molecule has 0 atom stereocenters. The zero-order chi connectivity index (χ0) is 14.6. The molecule has 0 N–H and O–H groups in total. The summed E-state index contributed by atoms with van der Waals surface area (Å²) in [6.45, 7) is 2.24. The van der Waals surface area contributed by atoms with Gasteiger partial charge in [-0.25, -0.2) is 0 Å². The Hall–Kier alpha value is -0.680. The molecule has 3 nitrogen and oxygen atoms in total. The predicted molar refractivity (Wildman–Crippen MR) is 87.6 cm³/mol. The van der Waals surface area contributed by atoms with E-state index in [0.717, 1.165) is 17.9 Å². The fraction of sp³-hybridized carbons (Fsp3) is 0.600. The molecule has 20 heavy (non-hydrogen) atoms. The quantitative estimate of drug-likeness (QED) is 0.814. The average Bonchev–Trinajstić information content (AvgIpc) is 2.53. The van der Waals surface area contributed by atoms with E-state index in [4.69, 9.17) is 14.2 Å². The minimum absolute atomic E-state index is 0.102. The van der Waals surface area contributed by atoms with Gasteiger partial charge in [0.05, 0.1) is 25.4 Å². The molecule has 1 saturated heterocycles. The van der Waals surface area contributed by atoms with Gasteiger partial charge < -0.3 is 14.2 Å². The lowest BCUT2D eigenvalue weighted by Crippen LogP contribution is -2.22. The lowest BCUT2D eigenvalue weighted by Gasteiger charge is -2.36. The van der Waals surface area contributed by atoms with Gasteiger partial charge in [0.1, 0.15) is 0 Å². The predicted octanol–water partition coefficient (Wildman–Crippen LogP) is 4.15. The Balaban J connectivity index is 2.50. The second kappa shape index (κ2) is 6.85. The Morgan fingerprint density at radius 1 is 1.00 bits per heavy atom. The van der Waals surface area contributed by atoms with Crippen molar-refractivity contribution in [3.63, 3.8) is 0 Å². The fourth-order valence-electron chi connectivity index (χ4n) is 2.45. The number of hydrogen-bond acceptors (Lipinski definition) is 5. The molecule has 1 aromatic carbocycles. The third-order valence-corrected chi connectivity index (χ3v) is 7.20. The van der Waals surface area contributed by atoms with E-state index < -0.39 is 0 Å². The van der Waals surface area contributed by atoms with Crippen molar-refractivity contribution in [3.8, 4) is 17.2 Å². The van der Waals surface area contributed by atoms with Crippen molar-refractivity contribution in [3.05, 3.63) is 17.7 Å². The van der Waals surface area contributed by atoms with E-state index in [1.807, 2.05) is 23.5 Å². The molecule has 5 heteroatoms. The molecule has 0 aromatic heterocycles. The molecule has 1 aliphatic rings. The van der Waals surface area contributed by atoms with Crippen molar-refractivity contribution >= 4 is 23.5 Å². The van der Waals surface area contributed by atoms with Gasteiger partial charge in [0.2, 0.25) is 5.75 Å². The summed E-state index contributed by atoms with van der Waals surface area (Å²) in [5.74, 6) is 4.55. The number of ether oxygens (including phenoxy) is 3. The number of rotatable bonds is 5. The van der Waals surface area contributed by atoms with Crippen LogP contribution < -0.4 is 14.2 Å². The first kappa shape index (κ1) is 15.7. The van der Waals surface area contributed by atoms with Gasteiger partial charge in [0.25, 0.3) is 0 Å². The molecular weight excluding hydrogens is 292 g/mol. The molecule has 1 aromatic rings. The third kappa shape index (κ3) is 2.84. The van der Waals surface area contributed by atoms with Gasteiger partial charge in [-0.2, -0.15) is 0 Å². The molecular formula is C15H22O3S2. The average molecular weight is 314 g/mol. The maximum Gasteiger partial charge on any atom is 0.203 e. The lowest BCUT2D eigenvalue weighted by atomic mass is 10.1. The van der Waals surface area contributed by atoms with E-state index in [-0.39, 0.29) is 4.08 Å². The second-order valence-electron chi connectivity index (χ2n) is 4.57. The molecule has 1 heterocycles. The lowest BCUT2D eigenvalue weighted by molar-refractivity contribution is 0.323. The number of benzene rings is 1. The molecule has 0 bridgehead atoms. The Morgan fingerprint density at radius 2 is 1.55 bits per heavy atom. The molecule has 0 amide bonds. The summed E-state index contributed by atoms with van der Waals surface area (Å²) in [5.41, 5.74) is 1.25. The molecule has 112 valence electrons. The van der Waals surface area contributed by atoms with E-state index in [0.29, 0.717) is 5.75 Å². The first-order valence-electron chi connectivity index (χ1n) is 6.79. The van der Waals surface area contributed by atoms with E-state index in [1.54, 1.807) is 21.3 Å². The number of hydrogen-bond donors (Lipinski definition) is 0. The summed E-state index contributed by atoms with van der Waals surface area (Å²) in [4.78, 5) is 0. The maximum absolute atomic E-state index is 5.48. The molecule has 2 rings (SSSR count). The van der Waals surface area contributed by atoms with E-state index in [2.05, 4.69) is 19.1 Å². The number of thioether (sulfide) groups is 2. The van der Waals surface area contributed by atoms with Gasteiger partial charge in [-0.05, 0) is 42.0 Å². The first-order valence-corrected chi connectivity index (χ1v) is 8.76. The molecule has 1 fully saturated rings. The summed E-state index contributed by atoms with van der Waals surface area (Å²) < 4.78 is 16.5. The van der Waals surface area contributed by atoms with Crippen LogP contribution in [0.5, 0.6) is 17.2 Å². The molecule has 0 spiro atoms. The molecule has 0 unspecified atom stereocenters. The van der Waals surface area contributed by atoms with Crippen LogP contribution in [0.2, 0.25) is 0 Å². The number of methoxy groups -OCH3 is 3. The smallest absolute Gasteiger partial charge is 0.203 e. The highest BCUT2D eigenvalue weighted by molar-refractivity contribution is 8.18. The van der Waals surface area contributed by atoms with Crippen molar-refractivity contribution in [2.24, 2.45) is 0 Å². The SMILES string of the molecule is CCC1(c2cc(OC)c(OC)c(OC)c2)SCCCS1. The van der Waals surface area contributed by atoms with Crippen LogP contribution >= 0.6 is 23.5 Å². The summed E-state index contributed by atoms with van der Waals surface area (Å²) in [7, 11) is 4.97. The van der Waals surface area contributed by atoms with Crippen LogP contribution in [0.25, 0.3) is 0 Å². The van der Waals surface area contributed by atoms with Gasteiger partial charge in [0.15, 0.2) is 11.5 Å². The van der Waals surface area contributed by atoms with Crippen LogP contribution in [0.3, 0.4) is 0 Å². The zero-order valence-corrected chi connectivity index (χ0v) is 14.2. The van der Waals surface area contributed by atoms with Gasteiger partial charge in [0, 0.05) is 0 Å². The van der Waals surface area contributed by atoms with Gasteiger partial charge >= 0.3 is 0 Å². The molecule has 1 aliphatic heterocycles. The highest BCUT2D eigenvalue weighted by Gasteiger charge is 2.35. The van der Waals surface area contributed by atoms with Crippen molar-refractivity contribution < 1.29 is 14.2 Å². The minimum Gasteiger partial charge on any atom is -0.493 e. The van der Waals surface area contributed by atoms with E-state index in [9.17, 15) is 0 Å². The third-order valence-electron chi connectivity index (χ3n) is 3.53. The zero-order valence-electron chi connectivity index (χ0n) is 12.5. The van der Waals surface area contributed by atoms with Crippen molar-refractivity contribution in [1.29, 1.82) is 0 Å². The summed E-state index contributed by atoms with van der Waals surface area (Å²) >= 11 is 4.05. The van der Waals surface area contributed by atoms with Crippen LogP contribution in [0.15, 0.2) is 12.1 Å². The largest absolute Gasteiger partial charge is 0.493 e. The Labute approximate surface area is 129 Å². The fourth-order valence-corrected chi connectivity index (χ4v) is 5.68. The highest BCUT2D eigenvalue weighted by atomic mass is 32.2. The standard InChI is InChI=1S/C15H22O3S2/c1-5-15(19-7-6-8-20-15)11-9-12(16-2)14(18-4)13(10-11)17-3/h9-10H,5-8H2,1-4H3. The van der Waals surface area contributed by atoms with Gasteiger partial charge in [-0.3, -0.25) is 0 Å². The summed E-state index contributed by atoms with van der Waals surface area (Å²) in [6.07, 6.45) is 2.36. The van der Waals surface area contributed by atoms with Crippen LogP contribution in [0, 0.1) is 0 Å². The van der Waals surface area contributed by atoms with E-state index in [1.165, 1.54) is 23.5 Å². The van der Waals surface area contributed by atoms with Crippen LogP contribution in [0.1, 0.15) is 25.3 Å². The molecule has 0 saturated carbocycles. The maximum atomic E-state index is 5.48. The summed E-state index contributed by atoms with van der Waals surface area (Å²) in [6, 6.07) is 4.19. The topological polar surface area (TPSA) is 27.7 Å². The Bertz CT molecular complexity index is 431. The summed E-state index contributed by atoms with van der Waals surface area (Å²) in [5, 5.41) is 0.